The van der Waals surface area contributed by atoms with E-state index in [4.69, 9.17) is 0 Å². The third kappa shape index (κ3) is 4.08. The predicted octanol–water partition coefficient (Wildman–Crippen LogP) is 3.42. The highest BCUT2D eigenvalue weighted by molar-refractivity contribution is 5.66. The second-order valence-electron chi connectivity index (χ2n) is 5.24. The quantitative estimate of drug-likeness (QED) is 0.851. The summed E-state index contributed by atoms with van der Waals surface area (Å²) < 4.78 is 0. The Labute approximate surface area is 126 Å². The van der Waals surface area contributed by atoms with Gasteiger partial charge in [0.25, 0.3) is 0 Å². The fourth-order valence-corrected chi connectivity index (χ4v) is 2.08. The van der Waals surface area contributed by atoms with Crippen molar-refractivity contribution < 1.29 is 0 Å². The Morgan fingerprint density at radius 3 is 2.62 bits per heavy atom. The highest BCUT2D eigenvalue weighted by Crippen LogP contribution is 2.24. The van der Waals surface area contributed by atoms with Crippen LogP contribution in [0.2, 0.25) is 0 Å². The highest BCUT2D eigenvalue weighted by Gasteiger charge is 2.04. The van der Waals surface area contributed by atoms with Gasteiger partial charge in [0, 0.05) is 32.0 Å². The van der Waals surface area contributed by atoms with Crippen molar-refractivity contribution in [1.82, 2.24) is 9.97 Å². The lowest BCUT2D eigenvalue weighted by atomic mass is 10.1. The van der Waals surface area contributed by atoms with Gasteiger partial charge in [-0.2, -0.15) is 0 Å². The Kier molecular flexibility index (Phi) is 4.98. The molecule has 0 aliphatic heterocycles. The van der Waals surface area contributed by atoms with Crippen molar-refractivity contribution in [2.75, 3.05) is 36.2 Å². The molecule has 0 unspecified atom stereocenters. The van der Waals surface area contributed by atoms with Crippen LogP contribution < -0.4 is 15.5 Å². The SMILES string of the molecule is CCCNc1cncc(Nc2ccc(C)c(N(C)C)c2)n1. The van der Waals surface area contributed by atoms with E-state index in [1.165, 1.54) is 11.3 Å². The number of rotatable bonds is 6. The van der Waals surface area contributed by atoms with Crippen LogP contribution in [-0.4, -0.2) is 30.6 Å². The van der Waals surface area contributed by atoms with Gasteiger partial charge in [0.15, 0.2) is 5.82 Å². The molecule has 2 rings (SSSR count). The molecule has 5 heteroatoms. The van der Waals surface area contributed by atoms with Gasteiger partial charge in [-0.25, -0.2) is 4.98 Å². The molecule has 0 atom stereocenters. The summed E-state index contributed by atoms with van der Waals surface area (Å²) in [4.78, 5) is 10.8. The molecule has 21 heavy (non-hydrogen) atoms. The Morgan fingerprint density at radius 2 is 1.90 bits per heavy atom. The van der Waals surface area contributed by atoms with E-state index >= 15 is 0 Å². The zero-order valence-electron chi connectivity index (χ0n) is 13.1. The standard InChI is InChI=1S/C16H23N5/c1-5-8-18-15-10-17-11-16(20-15)19-13-7-6-12(2)14(9-13)21(3)4/h6-7,9-11H,5,8H2,1-4H3,(H2,18,19,20). The first-order valence-corrected chi connectivity index (χ1v) is 7.21. The molecule has 0 radical (unpaired) electrons. The smallest absolute Gasteiger partial charge is 0.151 e. The maximum absolute atomic E-state index is 4.50. The first-order chi connectivity index (χ1) is 10.1. The van der Waals surface area contributed by atoms with Gasteiger partial charge in [0.1, 0.15) is 5.82 Å². The normalized spacial score (nSPS) is 10.3. The van der Waals surface area contributed by atoms with Crippen LogP contribution in [-0.2, 0) is 0 Å². The van der Waals surface area contributed by atoms with E-state index < -0.39 is 0 Å². The van der Waals surface area contributed by atoms with Crippen molar-refractivity contribution in [3.8, 4) is 0 Å². The fraction of sp³-hybridized carbons (Fsp3) is 0.375. The average Bonchev–Trinajstić information content (AvgIpc) is 2.47. The highest BCUT2D eigenvalue weighted by atomic mass is 15.1. The van der Waals surface area contributed by atoms with E-state index in [0.29, 0.717) is 0 Å². The van der Waals surface area contributed by atoms with Crippen molar-refractivity contribution in [2.24, 2.45) is 0 Å². The van der Waals surface area contributed by atoms with Crippen molar-refractivity contribution in [3.05, 3.63) is 36.2 Å². The average molecular weight is 285 g/mol. The summed E-state index contributed by atoms with van der Waals surface area (Å²) in [5, 5.41) is 6.54. The lowest BCUT2D eigenvalue weighted by molar-refractivity contribution is 0.965. The molecule has 5 nitrogen and oxygen atoms in total. The number of aromatic nitrogens is 2. The van der Waals surface area contributed by atoms with Crippen molar-refractivity contribution in [2.45, 2.75) is 20.3 Å². The largest absolute Gasteiger partial charge is 0.377 e. The number of aryl methyl sites for hydroxylation is 1. The van der Waals surface area contributed by atoms with Crippen molar-refractivity contribution in [3.63, 3.8) is 0 Å². The van der Waals surface area contributed by atoms with Gasteiger partial charge in [0.2, 0.25) is 0 Å². The summed E-state index contributed by atoms with van der Waals surface area (Å²) in [6.45, 7) is 5.12. The number of hydrogen-bond acceptors (Lipinski definition) is 5. The van der Waals surface area contributed by atoms with Crippen LogP contribution >= 0.6 is 0 Å². The minimum Gasteiger partial charge on any atom is -0.377 e. The summed E-state index contributed by atoms with van der Waals surface area (Å²) in [6.07, 6.45) is 4.52. The molecule has 0 aliphatic carbocycles. The van der Waals surface area contributed by atoms with Gasteiger partial charge in [-0.1, -0.05) is 13.0 Å². The molecule has 0 saturated carbocycles. The first kappa shape index (κ1) is 15.1. The van der Waals surface area contributed by atoms with E-state index in [2.05, 4.69) is 57.5 Å². The topological polar surface area (TPSA) is 53.1 Å². The predicted molar refractivity (Wildman–Crippen MR) is 89.6 cm³/mol. The monoisotopic (exact) mass is 285 g/mol. The molecule has 0 bridgehead atoms. The van der Waals surface area contributed by atoms with Crippen molar-refractivity contribution >= 4 is 23.0 Å². The first-order valence-electron chi connectivity index (χ1n) is 7.21. The lowest BCUT2D eigenvalue weighted by Gasteiger charge is -2.17. The van der Waals surface area contributed by atoms with Crippen LogP contribution in [0, 0.1) is 6.92 Å². The molecule has 1 aromatic heterocycles. The molecular weight excluding hydrogens is 262 g/mol. The third-order valence-electron chi connectivity index (χ3n) is 3.15. The molecule has 2 N–H and O–H groups in total. The number of anilines is 4. The Hall–Kier alpha value is -2.30. The van der Waals surface area contributed by atoms with Gasteiger partial charge >= 0.3 is 0 Å². The van der Waals surface area contributed by atoms with Gasteiger partial charge in [0.05, 0.1) is 12.4 Å². The molecule has 0 spiro atoms. The summed E-state index contributed by atoms with van der Waals surface area (Å²) in [5.41, 5.74) is 3.44. The lowest BCUT2D eigenvalue weighted by Crippen LogP contribution is -2.10. The zero-order valence-corrected chi connectivity index (χ0v) is 13.1. The van der Waals surface area contributed by atoms with E-state index in [1.54, 1.807) is 12.4 Å². The van der Waals surface area contributed by atoms with E-state index in [-0.39, 0.29) is 0 Å². The van der Waals surface area contributed by atoms with Crippen molar-refractivity contribution in [1.29, 1.82) is 0 Å². The summed E-state index contributed by atoms with van der Waals surface area (Å²) in [5.74, 6) is 1.53. The summed E-state index contributed by atoms with van der Waals surface area (Å²) in [7, 11) is 4.09. The molecule has 0 amide bonds. The van der Waals surface area contributed by atoms with Crippen LogP contribution in [0.15, 0.2) is 30.6 Å². The van der Waals surface area contributed by atoms with Gasteiger partial charge in [-0.3, -0.25) is 4.98 Å². The minimum atomic E-state index is 0.740. The maximum atomic E-state index is 4.50. The minimum absolute atomic E-state index is 0.740. The molecule has 112 valence electrons. The summed E-state index contributed by atoms with van der Waals surface area (Å²) >= 11 is 0. The van der Waals surface area contributed by atoms with E-state index in [1.807, 2.05) is 14.1 Å². The van der Waals surface area contributed by atoms with Gasteiger partial charge in [-0.15, -0.1) is 0 Å². The number of nitrogens with one attached hydrogen (secondary N) is 2. The Bertz CT molecular complexity index is 595. The van der Waals surface area contributed by atoms with E-state index in [0.717, 1.165) is 30.3 Å². The number of nitrogens with zero attached hydrogens (tertiary/aromatic N) is 3. The second kappa shape index (κ2) is 6.92. The van der Waals surface area contributed by atoms with Gasteiger partial charge < -0.3 is 15.5 Å². The van der Waals surface area contributed by atoms with Crippen LogP contribution in [0.4, 0.5) is 23.0 Å². The molecule has 2 aromatic rings. The van der Waals surface area contributed by atoms with Crippen LogP contribution in [0.1, 0.15) is 18.9 Å². The fourth-order valence-electron chi connectivity index (χ4n) is 2.08. The molecule has 1 heterocycles. The van der Waals surface area contributed by atoms with Crippen LogP contribution in [0.3, 0.4) is 0 Å². The molecule has 0 fully saturated rings. The number of benzene rings is 1. The van der Waals surface area contributed by atoms with Crippen LogP contribution in [0.25, 0.3) is 0 Å². The second-order valence-corrected chi connectivity index (χ2v) is 5.24. The van der Waals surface area contributed by atoms with Gasteiger partial charge in [-0.05, 0) is 31.0 Å². The zero-order chi connectivity index (χ0) is 15.2. The Balaban J connectivity index is 2.16. The number of hydrogen-bond donors (Lipinski definition) is 2. The molecule has 1 aromatic carbocycles. The molecular formula is C16H23N5. The third-order valence-corrected chi connectivity index (χ3v) is 3.15. The maximum Gasteiger partial charge on any atom is 0.151 e. The summed E-state index contributed by atoms with van der Waals surface area (Å²) in [6, 6.07) is 6.27. The molecule has 0 aliphatic rings. The molecule has 0 saturated heterocycles. The Morgan fingerprint density at radius 1 is 1.14 bits per heavy atom. The van der Waals surface area contributed by atoms with Crippen LogP contribution in [0.5, 0.6) is 0 Å². The van der Waals surface area contributed by atoms with E-state index in [9.17, 15) is 0 Å².